The molecule has 3 atom stereocenters. The first-order valence-electron chi connectivity index (χ1n) is 31.5. The van der Waals surface area contributed by atoms with Crippen LogP contribution in [0.4, 0.5) is 5.13 Å². The Morgan fingerprint density at radius 2 is 1.09 bits per heavy atom. The van der Waals surface area contributed by atoms with Crippen molar-refractivity contribution in [3.8, 4) is 11.5 Å². The van der Waals surface area contributed by atoms with Crippen LogP contribution in [-0.4, -0.2) is 76.9 Å². The maximum Gasteiger partial charge on any atom is 0.356 e. The zero-order valence-corrected chi connectivity index (χ0v) is 56.3. The second kappa shape index (κ2) is 30.8. The third kappa shape index (κ3) is 15.3. The molecule has 9 aromatic carbocycles. The van der Waals surface area contributed by atoms with Crippen LogP contribution in [0, 0.1) is 6.92 Å². The van der Waals surface area contributed by atoms with Crippen molar-refractivity contribution in [1.29, 1.82) is 0 Å². The molecule has 2 aliphatic heterocycles. The fourth-order valence-electron chi connectivity index (χ4n) is 11.5. The Hall–Kier alpha value is -11.7. The second-order valence-electron chi connectivity index (χ2n) is 23.0. The number of esters is 4. The Morgan fingerprint density at radius 1 is 0.610 bits per heavy atom. The summed E-state index contributed by atoms with van der Waals surface area (Å²) in [4.78, 5) is 98.6. The van der Waals surface area contributed by atoms with E-state index < -0.39 is 86.8 Å². The van der Waals surface area contributed by atoms with Gasteiger partial charge in [-0.05, 0) is 81.8 Å². The molecule has 22 heteroatoms. The van der Waals surface area contributed by atoms with Gasteiger partial charge < -0.3 is 38.6 Å². The van der Waals surface area contributed by atoms with Crippen molar-refractivity contribution in [1.82, 2.24) is 15.2 Å². The molecule has 1 aromatic heterocycles. The highest BCUT2D eigenvalue weighted by Gasteiger charge is 2.55. The van der Waals surface area contributed by atoms with Gasteiger partial charge in [0.15, 0.2) is 34.6 Å². The van der Waals surface area contributed by atoms with Gasteiger partial charge in [-0.1, -0.05) is 241 Å². The maximum atomic E-state index is 15.7. The Kier molecular flexibility index (Phi) is 21.0. The van der Waals surface area contributed by atoms with Crippen molar-refractivity contribution < 1.29 is 65.2 Å². The van der Waals surface area contributed by atoms with Gasteiger partial charge in [0.25, 0.3) is 11.8 Å². The minimum atomic E-state index is -4.35. The number of rotatable bonds is 25. The van der Waals surface area contributed by atoms with Crippen LogP contribution >= 0.6 is 23.1 Å². The van der Waals surface area contributed by atoms with E-state index in [2.05, 4.69) is 15.8 Å². The number of fused-ring (bicyclic) bond motifs is 1. The number of oxime groups is 1. The number of benzene rings is 9. The van der Waals surface area contributed by atoms with Crippen LogP contribution in [0.15, 0.2) is 294 Å². The van der Waals surface area contributed by atoms with Crippen molar-refractivity contribution in [2.24, 2.45) is 5.16 Å². The SMILES string of the molecule is CC(=O)Oc1ccc(C(O/N=C(\C(=O)N[C@@H]2C(=O)N3C(C(=O)OC(c4ccccc4)c4ccccc4)=C(/C=C/OS(=O)(=O)c4ccc(C)cc4)CS[C@H]23)c2csc(NC(c3ccccc3)(c3ccccc3)c3ccccc3)n2)C(=O)OC(c2ccccc2)c2ccccc2)cc1OC(C)=O. The monoisotopic (exact) mass is 1390 g/mol. The summed E-state index contributed by atoms with van der Waals surface area (Å²) in [5.74, 6) is -5.81. The number of thiazole rings is 1. The zero-order chi connectivity index (χ0) is 69.8. The summed E-state index contributed by atoms with van der Waals surface area (Å²) in [6, 6.07) is 73.6. The highest BCUT2D eigenvalue weighted by Crippen LogP contribution is 2.44. The van der Waals surface area contributed by atoms with Crippen LogP contribution in [0.1, 0.15) is 87.9 Å². The fraction of sp³-hybridized carbons (Fsp3) is 0.128. The Morgan fingerprint density at radius 3 is 1.59 bits per heavy atom. The van der Waals surface area contributed by atoms with E-state index in [4.69, 9.17) is 33.0 Å². The molecule has 100 heavy (non-hydrogen) atoms. The molecule has 0 spiro atoms. The second-order valence-corrected chi connectivity index (χ2v) is 26.5. The van der Waals surface area contributed by atoms with E-state index in [0.29, 0.717) is 22.3 Å². The van der Waals surface area contributed by atoms with Crippen LogP contribution in [0.2, 0.25) is 0 Å². The van der Waals surface area contributed by atoms with E-state index in [1.165, 1.54) is 41.3 Å². The molecule has 1 fully saturated rings. The highest BCUT2D eigenvalue weighted by molar-refractivity contribution is 8.00. The number of amides is 2. The average Bonchev–Trinajstić information content (AvgIpc) is 0.805. The van der Waals surface area contributed by atoms with Gasteiger partial charge in [0, 0.05) is 30.5 Å². The number of carbonyl (C=O) groups excluding carboxylic acids is 6. The van der Waals surface area contributed by atoms with Crippen molar-refractivity contribution in [2.45, 2.75) is 60.9 Å². The van der Waals surface area contributed by atoms with Crippen molar-refractivity contribution in [3.05, 3.63) is 340 Å². The standard InChI is InChI=1S/C78H63N5O14S3/c1-50-39-42-62(43-40-50)100(90,91)92-46-45-58-48-98-74-67(73(87)83(74)68(58)75(88)95-69(53-25-11-4-12-26-53)54-27-13-5-14-28-54)80-72(86)66(63-49-99-77(79-63)81-78(59-33-19-8-20-34-59,60-35-21-9-22-36-60)61-37-23-10-24-38-61)82-97-71(57-41-44-64(93-51(2)84)65(47-57)94-52(3)85)76(89)96-70(55-29-15-6-16-30-55)56-31-17-7-18-32-56/h4-47,49,67,69-71,74H,48H2,1-3H3,(H,79,81)(H,80,86)/b46-45+,82-66-/t67-,71?,74-/m1/s1. The van der Waals surface area contributed by atoms with E-state index >= 15 is 19.2 Å². The van der Waals surface area contributed by atoms with Crippen molar-refractivity contribution in [2.75, 3.05) is 11.1 Å². The quantitative estimate of drug-likeness (QED) is 0.00789. The lowest BCUT2D eigenvalue weighted by atomic mass is 9.77. The number of hydrogen-bond donors (Lipinski definition) is 2. The van der Waals surface area contributed by atoms with Gasteiger partial charge in [0.05, 0.1) is 0 Å². The molecule has 1 saturated heterocycles. The van der Waals surface area contributed by atoms with Crippen LogP contribution in [-0.2, 0) is 62.9 Å². The fourth-order valence-corrected chi connectivity index (χ4v) is 14.4. The number of thioether (sulfide) groups is 1. The first-order chi connectivity index (χ1) is 48.5. The van der Waals surface area contributed by atoms with Crippen LogP contribution in [0.25, 0.3) is 0 Å². The van der Waals surface area contributed by atoms with Gasteiger partial charge in [0.1, 0.15) is 39.5 Å². The lowest BCUT2D eigenvalue weighted by molar-refractivity contribution is -0.162. The third-order valence-electron chi connectivity index (χ3n) is 16.2. The Bertz CT molecular complexity index is 4640. The Balaban J connectivity index is 0.946. The number of nitrogens with zero attached hydrogens (tertiary/aromatic N) is 3. The molecule has 19 nitrogen and oxygen atoms in total. The summed E-state index contributed by atoms with van der Waals surface area (Å²) in [6.45, 7) is 4.10. The number of aromatic nitrogens is 1. The number of β-lactam (4-membered cyclic amide) rings is 1. The predicted octanol–water partition coefficient (Wildman–Crippen LogP) is 13.4. The van der Waals surface area contributed by atoms with Gasteiger partial charge in [-0.3, -0.25) is 24.1 Å². The molecule has 2 aliphatic rings. The lowest BCUT2D eigenvalue weighted by Crippen LogP contribution is -2.71. The molecule has 1 unspecified atom stereocenters. The van der Waals surface area contributed by atoms with Crippen LogP contribution in [0.5, 0.6) is 11.5 Å². The number of hydrogen-bond acceptors (Lipinski definition) is 19. The first-order valence-corrected chi connectivity index (χ1v) is 34.8. The Labute approximate surface area is 584 Å². The topological polar surface area (TPSA) is 244 Å². The molecule has 2 amide bonds. The average molecular weight is 1390 g/mol. The molecule has 12 rings (SSSR count). The molecule has 502 valence electrons. The molecule has 0 aliphatic carbocycles. The molecule has 0 saturated carbocycles. The summed E-state index contributed by atoms with van der Waals surface area (Å²) in [6.07, 6.45) is -1.71. The van der Waals surface area contributed by atoms with Crippen LogP contribution < -0.4 is 20.1 Å². The number of nitrogens with one attached hydrogen (secondary N) is 2. The number of allylic oxidation sites excluding steroid dienone is 1. The summed E-state index contributed by atoms with van der Waals surface area (Å²) in [5.41, 5.74) is 3.84. The molecule has 2 N–H and O–H groups in total. The van der Waals surface area contributed by atoms with Gasteiger partial charge in [-0.25, -0.2) is 14.6 Å². The van der Waals surface area contributed by atoms with E-state index in [-0.39, 0.29) is 49.8 Å². The number of carbonyl (C=O) groups is 6. The molecule has 0 radical (unpaired) electrons. The number of aryl methyl sites for hydroxylation is 1. The molecule has 3 heterocycles. The third-order valence-corrected chi connectivity index (χ3v) is 19.5. The maximum absolute atomic E-state index is 15.7. The number of ether oxygens (including phenoxy) is 4. The predicted molar refractivity (Wildman–Crippen MR) is 377 cm³/mol. The van der Waals surface area contributed by atoms with E-state index in [1.54, 1.807) is 115 Å². The van der Waals surface area contributed by atoms with Crippen molar-refractivity contribution >= 4 is 79.8 Å². The largest absolute Gasteiger partial charge is 0.449 e. The van der Waals surface area contributed by atoms with E-state index in [9.17, 15) is 18.0 Å². The summed E-state index contributed by atoms with van der Waals surface area (Å²) < 4.78 is 55.9. The summed E-state index contributed by atoms with van der Waals surface area (Å²) in [7, 11) is -4.35. The minimum Gasteiger partial charge on any atom is -0.449 e. The highest BCUT2D eigenvalue weighted by atomic mass is 32.2. The van der Waals surface area contributed by atoms with Gasteiger partial charge in [-0.15, -0.1) is 23.1 Å². The molecular formula is C78H63N5O14S3. The van der Waals surface area contributed by atoms with Crippen molar-refractivity contribution in [3.63, 3.8) is 0 Å². The normalized spacial score (nSPS) is 14.9. The summed E-state index contributed by atoms with van der Waals surface area (Å²) >= 11 is 2.27. The van der Waals surface area contributed by atoms with E-state index in [1.807, 2.05) is 122 Å². The van der Waals surface area contributed by atoms with Crippen LogP contribution in [0.3, 0.4) is 0 Å². The zero-order valence-electron chi connectivity index (χ0n) is 53.9. The summed E-state index contributed by atoms with van der Waals surface area (Å²) in [5, 5.41) is 11.9. The van der Waals surface area contributed by atoms with Gasteiger partial charge >= 0.3 is 34.0 Å². The smallest absolute Gasteiger partial charge is 0.356 e. The minimum absolute atomic E-state index is 0.0312. The molecule has 0 bridgehead atoms. The molecular weight excluding hydrogens is 1330 g/mol. The number of anilines is 1. The first kappa shape index (κ1) is 68.2. The lowest BCUT2D eigenvalue weighted by Gasteiger charge is -2.49. The van der Waals surface area contributed by atoms with Gasteiger partial charge in [-0.2, -0.15) is 8.42 Å². The van der Waals surface area contributed by atoms with Gasteiger partial charge in [0.2, 0.25) is 6.10 Å². The van der Waals surface area contributed by atoms with E-state index in [0.717, 1.165) is 65.5 Å². The molecule has 10 aromatic rings.